The summed E-state index contributed by atoms with van der Waals surface area (Å²) in [7, 11) is 1.70. The van der Waals surface area contributed by atoms with Gasteiger partial charge in [0.15, 0.2) is 0 Å². The Labute approximate surface area is 152 Å². The fourth-order valence-electron chi connectivity index (χ4n) is 2.86. The van der Waals surface area contributed by atoms with Gasteiger partial charge < -0.3 is 15.0 Å². The number of carbonyl (C=O) groups is 2. The van der Waals surface area contributed by atoms with Crippen molar-refractivity contribution >= 4 is 22.9 Å². The Balaban J connectivity index is 2.09. The number of rotatable bonds is 7. The van der Waals surface area contributed by atoms with Gasteiger partial charge in [0.1, 0.15) is 11.7 Å². The van der Waals surface area contributed by atoms with E-state index < -0.39 is 12.0 Å². The molecule has 0 fully saturated rings. The van der Waals surface area contributed by atoms with Crippen molar-refractivity contribution in [1.29, 1.82) is 0 Å². The number of aromatic nitrogens is 2. The van der Waals surface area contributed by atoms with Crippen LogP contribution >= 0.6 is 0 Å². The first-order valence-electron chi connectivity index (χ1n) is 8.73. The lowest BCUT2D eigenvalue weighted by molar-refractivity contribution is -0.143. The molecular weight excluding hydrogens is 334 g/mol. The van der Waals surface area contributed by atoms with Crippen molar-refractivity contribution in [3.8, 4) is 0 Å². The monoisotopic (exact) mass is 359 g/mol. The van der Waals surface area contributed by atoms with Crippen molar-refractivity contribution in [2.24, 2.45) is 13.0 Å². The highest BCUT2D eigenvalue weighted by Gasteiger charge is 2.25. The van der Waals surface area contributed by atoms with Crippen LogP contribution in [0.5, 0.6) is 0 Å². The molecule has 0 aliphatic carbocycles. The number of amides is 1. The lowest BCUT2D eigenvalue weighted by Gasteiger charge is -2.20. The number of carboxylic acid groups (broad SMARTS) is 1. The second-order valence-electron chi connectivity index (χ2n) is 6.65. The average molecular weight is 359 g/mol. The van der Waals surface area contributed by atoms with Crippen molar-refractivity contribution in [3.63, 3.8) is 0 Å². The molecule has 1 amide bonds. The fourth-order valence-corrected chi connectivity index (χ4v) is 2.86. The summed E-state index contributed by atoms with van der Waals surface area (Å²) in [5.74, 6) is -1.44. The van der Waals surface area contributed by atoms with Gasteiger partial charge in [-0.25, -0.2) is 9.78 Å². The zero-order valence-electron chi connectivity index (χ0n) is 15.6. The van der Waals surface area contributed by atoms with E-state index >= 15 is 0 Å². The SMILES string of the molecule is CC[C@@H](C)[C@@H](NC(=O)CCc1ccc2c(c1)nc(C)c(=O)n2C)C(=O)O. The first kappa shape index (κ1) is 19.6. The molecule has 0 bridgehead atoms. The molecule has 2 atom stereocenters. The third-order valence-electron chi connectivity index (χ3n) is 4.74. The Hall–Kier alpha value is -2.70. The van der Waals surface area contributed by atoms with E-state index in [0.29, 0.717) is 24.1 Å². The first-order valence-corrected chi connectivity index (χ1v) is 8.73. The summed E-state index contributed by atoms with van der Waals surface area (Å²) in [6, 6.07) is 4.66. The number of hydrogen-bond donors (Lipinski definition) is 2. The Bertz CT molecular complexity index is 888. The van der Waals surface area contributed by atoms with Crippen LogP contribution < -0.4 is 10.9 Å². The maximum atomic E-state index is 12.1. The number of benzene rings is 1. The summed E-state index contributed by atoms with van der Waals surface area (Å²) in [6.45, 7) is 5.37. The Morgan fingerprint density at radius 3 is 2.65 bits per heavy atom. The van der Waals surface area contributed by atoms with E-state index in [1.165, 1.54) is 0 Å². The van der Waals surface area contributed by atoms with Crippen LogP contribution in [0.2, 0.25) is 0 Å². The van der Waals surface area contributed by atoms with Gasteiger partial charge in [0.2, 0.25) is 5.91 Å². The van der Waals surface area contributed by atoms with Crippen LogP contribution in [0.15, 0.2) is 23.0 Å². The molecule has 0 unspecified atom stereocenters. The fraction of sp³-hybridized carbons (Fsp3) is 0.474. The van der Waals surface area contributed by atoms with Crippen LogP contribution in [0, 0.1) is 12.8 Å². The van der Waals surface area contributed by atoms with Crippen LogP contribution in [-0.2, 0) is 23.1 Å². The topological polar surface area (TPSA) is 101 Å². The molecule has 0 aliphatic heterocycles. The minimum absolute atomic E-state index is 0.130. The standard InChI is InChI=1S/C19H25N3O4/c1-5-11(2)17(19(25)26)21-16(23)9-7-13-6-8-15-14(10-13)20-12(3)18(24)22(15)4/h6,8,10-11,17H,5,7,9H2,1-4H3,(H,21,23)(H,25,26)/t11-,17-/m1/s1. The Morgan fingerprint density at radius 1 is 1.35 bits per heavy atom. The molecule has 1 aromatic carbocycles. The average Bonchev–Trinajstić information content (AvgIpc) is 2.61. The van der Waals surface area contributed by atoms with E-state index in [1.807, 2.05) is 25.1 Å². The number of nitrogens with one attached hydrogen (secondary N) is 1. The number of nitrogens with zero attached hydrogens (tertiary/aromatic N) is 2. The number of carbonyl (C=O) groups excluding carboxylic acids is 1. The van der Waals surface area contributed by atoms with E-state index in [9.17, 15) is 19.5 Å². The number of carboxylic acids is 1. The van der Waals surface area contributed by atoms with E-state index in [4.69, 9.17) is 0 Å². The van der Waals surface area contributed by atoms with Crippen LogP contribution in [0.4, 0.5) is 0 Å². The van der Waals surface area contributed by atoms with E-state index in [0.717, 1.165) is 11.1 Å². The van der Waals surface area contributed by atoms with Gasteiger partial charge in [-0.3, -0.25) is 9.59 Å². The Kier molecular flexibility index (Phi) is 6.13. The molecule has 26 heavy (non-hydrogen) atoms. The predicted octanol–water partition coefficient (Wildman–Crippen LogP) is 1.79. The van der Waals surface area contributed by atoms with Crippen molar-refractivity contribution in [3.05, 3.63) is 39.8 Å². The zero-order chi connectivity index (χ0) is 19.4. The third-order valence-corrected chi connectivity index (χ3v) is 4.74. The quantitative estimate of drug-likeness (QED) is 0.785. The van der Waals surface area contributed by atoms with Gasteiger partial charge in [0, 0.05) is 13.5 Å². The van der Waals surface area contributed by atoms with Crippen molar-refractivity contribution < 1.29 is 14.7 Å². The molecule has 0 saturated heterocycles. The van der Waals surface area contributed by atoms with Gasteiger partial charge in [0.25, 0.3) is 5.56 Å². The molecule has 1 heterocycles. The highest BCUT2D eigenvalue weighted by atomic mass is 16.4. The molecule has 0 radical (unpaired) electrons. The highest BCUT2D eigenvalue weighted by Crippen LogP contribution is 2.14. The van der Waals surface area contributed by atoms with E-state index in [1.54, 1.807) is 25.5 Å². The van der Waals surface area contributed by atoms with Gasteiger partial charge in [-0.05, 0) is 37.0 Å². The number of fused-ring (bicyclic) bond motifs is 1. The molecule has 140 valence electrons. The number of aryl methyl sites for hydroxylation is 3. The maximum absolute atomic E-state index is 12.1. The first-order chi connectivity index (χ1) is 12.2. The van der Waals surface area contributed by atoms with Crippen LogP contribution in [0.1, 0.15) is 37.9 Å². The molecule has 2 aromatic rings. The molecular formula is C19H25N3O4. The minimum Gasteiger partial charge on any atom is -0.480 e. The van der Waals surface area contributed by atoms with Gasteiger partial charge >= 0.3 is 5.97 Å². The molecule has 2 rings (SSSR count). The molecule has 2 N–H and O–H groups in total. The highest BCUT2D eigenvalue weighted by molar-refractivity contribution is 5.84. The molecule has 1 aromatic heterocycles. The maximum Gasteiger partial charge on any atom is 0.326 e. The lowest BCUT2D eigenvalue weighted by atomic mass is 9.99. The van der Waals surface area contributed by atoms with Gasteiger partial charge in [0.05, 0.1) is 11.0 Å². The third kappa shape index (κ3) is 4.28. The summed E-state index contributed by atoms with van der Waals surface area (Å²) in [6.07, 6.45) is 1.33. The van der Waals surface area contributed by atoms with Crippen molar-refractivity contribution in [2.75, 3.05) is 0 Å². The summed E-state index contributed by atoms with van der Waals surface area (Å²) in [5.41, 5.74) is 2.64. The van der Waals surface area contributed by atoms with Crippen LogP contribution in [0.25, 0.3) is 11.0 Å². The molecule has 0 spiro atoms. The zero-order valence-corrected chi connectivity index (χ0v) is 15.6. The van der Waals surface area contributed by atoms with Crippen LogP contribution in [0.3, 0.4) is 0 Å². The summed E-state index contributed by atoms with van der Waals surface area (Å²) < 4.78 is 1.55. The van der Waals surface area contributed by atoms with Gasteiger partial charge in [-0.15, -0.1) is 0 Å². The summed E-state index contributed by atoms with van der Waals surface area (Å²) in [5, 5.41) is 11.9. The van der Waals surface area contributed by atoms with Gasteiger partial charge in [-0.2, -0.15) is 0 Å². The smallest absolute Gasteiger partial charge is 0.326 e. The normalized spacial score (nSPS) is 13.4. The second kappa shape index (κ2) is 8.12. The summed E-state index contributed by atoms with van der Waals surface area (Å²) in [4.78, 5) is 39.7. The van der Waals surface area contributed by atoms with E-state index in [-0.39, 0.29) is 23.8 Å². The number of hydrogen-bond acceptors (Lipinski definition) is 4. The molecule has 0 aliphatic rings. The second-order valence-corrected chi connectivity index (χ2v) is 6.65. The predicted molar refractivity (Wildman–Crippen MR) is 99.1 cm³/mol. The van der Waals surface area contributed by atoms with Crippen LogP contribution in [-0.4, -0.2) is 32.6 Å². The largest absolute Gasteiger partial charge is 0.480 e. The molecule has 0 saturated carbocycles. The molecule has 7 heteroatoms. The minimum atomic E-state index is -1.01. The van der Waals surface area contributed by atoms with E-state index in [2.05, 4.69) is 10.3 Å². The Morgan fingerprint density at radius 2 is 2.04 bits per heavy atom. The summed E-state index contributed by atoms with van der Waals surface area (Å²) >= 11 is 0. The van der Waals surface area contributed by atoms with Crippen molar-refractivity contribution in [1.82, 2.24) is 14.9 Å². The van der Waals surface area contributed by atoms with Crippen molar-refractivity contribution in [2.45, 2.75) is 46.1 Å². The number of aliphatic carboxylic acids is 1. The van der Waals surface area contributed by atoms with Gasteiger partial charge in [-0.1, -0.05) is 26.3 Å². The molecule has 7 nitrogen and oxygen atoms in total. The lowest BCUT2D eigenvalue weighted by Crippen LogP contribution is -2.45.